The molecule has 1 aromatic rings. The molecule has 0 bridgehead atoms. The van der Waals surface area contributed by atoms with Crippen molar-refractivity contribution in [1.82, 2.24) is 10.2 Å². The van der Waals surface area contributed by atoms with Crippen LogP contribution in [0.25, 0.3) is 0 Å². The molecule has 0 radical (unpaired) electrons. The third-order valence-corrected chi connectivity index (χ3v) is 3.62. The third kappa shape index (κ3) is 2.94. The summed E-state index contributed by atoms with van der Waals surface area (Å²) >= 11 is 0. The minimum Gasteiger partial charge on any atom is -0.409 e. The number of nitrogens with zero attached hydrogens (tertiary/aromatic N) is 4. The Morgan fingerprint density at radius 1 is 1.32 bits per heavy atom. The molecule has 3 N–H and O–H groups in total. The highest BCUT2D eigenvalue weighted by molar-refractivity contribution is 6.02. The lowest BCUT2D eigenvalue weighted by Gasteiger charge is -2.29. The lowest BCUT2D eigenvalue weighted by Crippen LogP contribution is -2.34. The molecule has 0 aliphatic rings. The first-order valence-electron chi connectivity index (χ1n) is 6.52. The maximum Gasteiger partial charge on any atom is 0.174 e. The summed E-state index contributed by atoms with van der Waals surface area (Å²) in [5.74, 6) is 0.732. The molecule has 6 nitrogen and oxygen atoms in total. The van der Waals surface area contributed by atoms with Gasteiger partial charge in [-0.15, -0.1) is 5.10 Å². The Bertz CT molecular complexity index is 468. The van der Waals surface area contributed by atoms with Crippen LogP contribution in [0, 0.1) is 13.8 Å². The highest BCUT2D eigenvalue weighted by Crippen LogP contribution is 2.24. The van der Waals surface area contributed by atoms with Gasteiger partial charge in [0.15, 0.2) is 11.7 Å². The van der Waals surface area contributed by atoms with Gasteiger partial charge in [0.05, 0.1) is 11.3 Å². The first-order valence-corrected chi connectivity index (χ1v) is 6.52. The van der Waals surface area contributed by atoms with Crippen LogP contribution in [0.15, 0.2) is 5.16 Å². The van der Waals surface area contributed by atoms with Crippen molar-refractivity contribution in [2.75, 3.05) is 11.9 Å². The van der Waals surface area contributed by atoms with E-state index in [1.165, 1.54) is 0 Å². The van der Waals surface area contributed by atoms with Gasteiger partial charge in [0, 0.05) is 13.1 Å². The van der Waals surface area contributed by atoms with Gasteiger partial charge >= 0.3 is 0 Å². The largest absolute Gasteiger partial charge is 0.409 e. The standard InChI is InChI=1S/C13H23N5O/c1-6-10(7-2)18(5)13-11(12(14)17-19)8(3)9(4)15-16-13/h10,19H,6-7H2,1-5H3,(H2,14,17). The average Bonchev–Trinajstić information content (AvgIpc) is 2.42. The Morgan fingerprint density at radius 2 is 1.89 bits per heavy atom. The first kappa shape index (κ1) is 15.2. The van der Waals surface area contributed by atoms with Crippen LogP contribution < -0.4 is 10.6 Å². The third-order valence-electron chi connectivity index (χ3n) is 3.62. The van der Waals surface area contributed by atoms with Gasteiger partial charge in [0.2, 0.25) is 0 Å². The summed E-state index contributed by atoms with van der Waals surface area (Å²) in [5, 5.41) is 20.4. The molecule has 0 fully saturated rings. The SMILES string of the molecule is CCC(CC)N(C)c1nnc(C)c(C)c1/C(N)=N/O. The molecular formula is C13H23N5O. The molecule has 19 heavy (non-hydrogen) atoms. The van der Waals surface area contributed by atoms with Gasteiger partial charge in [-0.05, 0) is 32.3 Å². The van der Waals surface area contributed by atoms with E-state index in [0.29, 0.717) is 17.4 Å². The van der Waals surface area contributed by atoms with E-state index in [1.54, 1.807) is 0 Å². The van der Waals surface area contributed by atoms with Crippen LogP contribution in [-0.2, 0) is 0 Å². The van der Waals surface area contributed by atoms with Crippen LogP contribution in [0.3, 0.4) is 0 Å². The molecule has 0 aliphatic heterocycles. The summed E-state index contributed by atoms with van der Waals surface area (Å²) in [6, 6.07) is 0.349. The van der Waals surface area contributed by atoms with Crippen molar-refractivity contribution >= 4 is 11.7 Å². The van der Waals surface area contributed by atoms with E-state index < -0.39 is 0 Å². The summed E-state index contributed by atoms with van der Waals surface area (Å²) in [6.07, 6.45) is 1.99. The van der Waals surface area contributed by atoms with Gasteiger partial charge in [-0.25, -0.2) is 0 Å². The summed E-state index contributed by atoms with van der Waals surface area (Å²) < 4.78 is 0. The molecule has 0 atom stereocenters. The number of aromatic nitrogens is 2. The van der Waals surface area contributed by atoms with E-state index in [9.17, 15) is 0 Å². The topological polar surface area (TPSA) is 87.6 Å². The fraction of sp³-hybridized carbons (Fsp3) is 0.615. The molecule has 106 valence electrons. The second-order valence-electron chi connectivity index (χ2n) is 4.68. The predicted octanol–water partition coefficient (Wildman–Crippen LogP) is 1.81. The van der Waals surface area contributed by atoms with Crippen molar-refractivity contribution in [1.29, 1.82) is 0 Å². The zero-order valence-electron chi connectivity index (χ0n) is 12.3. The van der Waals surface area contributed by atoms with Gasteiger partial charge in [0.1, 0.15) is 0 Å². The molecule has 1 rings (SSSR count). The molecule has 0 saturated carbocycles. The summed E-state index contributed by atoms with van der Waals surface area (Å²) in [4.78, 5) is 2.05. The summed E-state index contributed by atoms with van der Waals surface area (Å²) in [6.45, 7) is 8.02. The average molecular weight is 265 g/mol. The fourth-order valence-corrected chi connectivity index (χ4v) is 2.21. The molecule has 0 unspecified atom stereocenters. The smallest absolute Gasteiger partial charge is 0.174 e. The quantitative estimate of drug-likeness (QED) is 0.367. The number of oxime groups is 1. The van der Waals surface area contributed by atoms with E-state index in [-0.39, 0.29) is 5.84 Å². The van der Waals surface area contributed by atoms with Gasteiger partial charge in [-0.3, -0.25) is 0 Å². The van der Waals surface area contributed by atoms with E-state index in [1.807, 2.05) is 25.8 Å². The molecule has 0 amide bonds. The van der Waals surface area contributed by atoms with Crippen molar-refractivity contribution in [3.05, 3.63) is 16.8 Å². The Balaban J connectivity index is 3.39. The molecule has 6 heteroatoms. The second-order valence-corrected chi connectivity index (χ2v) is 4.68. The minimum atomic E-state index is 0.0725. The van der Waals surface area contributed by atoms with Crippen molar-refractivity contribution in [3.8, 4) is 0 Å². The second kappa shape index (κ2) is 6.36. The number of anilines is 1. The first-order chi connectivity index (χ1) is 8.97. The predicted molar refractivity (Wildman–Crippen MR) is 76.8 cm³/mol. The maximum absolute atomic E-state index is 8.96. The highest BCUT2D eigenvalue weighted by atomic mass is 16.4. The van der Waals surface area contributed by atoms with Crippen molar-refractivity contribution in [2.45, 2.75) is 46.6 Å². The Labute approximate surface area is 114 Å². The molecule has 1 aromatic heterocycles. The number of hydrogen-bond acceptors (Lipinski definition) is 5. The summed E-state index contributed by atoms with van der Waals surface area (Å²) in [5.41, 5.74) is 8.12. The van der Waals surface area contributed by atoms with Gasteiger partial charge in [0.25, 0.3) is 0 Å². The van der Waals surface area contributed by atoms with E-state index >= 15 is 0 Å². The van der Waals surface area contributed by atoms with Gasteiger partial charge < -0.3 is 15.8 Å². The molecular weight excluding hydrogens is 242 g/mol. The van der Waals surface area contributed by atoms with Crippen LogP contribution in [-0.4, -0.2) is 34.3 Å². The van der Waals surface area contributed by atoms with Crippen LogP contribution in [0.5, 0.6) is 0 Å². The zero-order chi connectivity index (χ0) is 14.6. The van der Waals surface area contributed by atoms with Crippen molar-refractivity contribution < 1.29 is 5.21 Å². The Morgan fingerprint density at radius 3 is 2.37 bits per heavy atom. The zero-order valence-corrected chi connectivity index (χ0v) is 12.3. The van der Waals surface area contributed by atoms with Gasteiger partial charge in [-0.1, -0.05) is 19.0 Å². The lowest BCUT2D eigenvalue weighted by molar-refractivity contribution is 0.318. The fourth-order valence-electron chi connectivity index (χ4n) is 2.21. The van der Waals surface area contributed by atoms with Crippen LogP contribution in [0.4, 0.5) is 5.82 Å². The van der Waals surface area contributed by atoms with E-state index in [2.05, 4.69) is 29.2 Å². The molecule has 1 heterocycles. The number of nitrogens with two attached hydrogens (primary N) is 1. The van der Waals surface area contributed by atoms with Crippen LogP contribution in [0.2, 0.25) is 0 Å². The number of rotatable bonds is 5. The van der Waals surface area contributed by atoms with Gasteiger partial charge in [-0.2, -0.15) is 5.10 Å². The monoisotopic (exact) mass is 265 g/mol. The van der Waals surface area contributed by atoms with E-state index in [0.717, 1.165) is 24.1 Å². The normalized spacial score (nSPS) is 12.0. The summed E-state index contributed by atoms with van der Waals surface area (Å²) in [7, 11) is 1.96. The van der Waals surface area contributed by atoms with Crippen LogP contribution in [0.1, 0.15) is 43.5 Å². The Hall–Kier alpha value is -1.85. The van der Waals surface area contributed by atoms with Crippen molar-refractivity contribution in [2.24, 2.45) is 10.9 Å². The maximum atomic E-state index is 8.96. The molecule has 0 saturated heterocycles. The Kier molecular flexibility index (Phi) is 5.09. The lowest BCUT2D eigenvalue weighted by atomic mass is 10.1. The van der Waals surface area contributed by atoms with E-state index in [4.69, 9.17) is 10.9 Å². The highest BCUT2D eigenvalue weighted by Gasteiger charge is 2.21. The molecule has 0 aliphatic carbocycles. The number of aryl methyl sites for hydroxylation is 1. The number of amidine groups is 1. The molecule has 0 aromatic carbocycles. The van der Waals surface area contributed by atoms with Crippen molar-refractivity contribution in [3.63, 3.8) is 0 Å². The minimum absolute atomic E-state index is 0.0725. The van der Waals surface area contributed by atoms with Crippen LogP contribution >= 0.6 is 0 Å². The number of hydrogen-bond donors (Lipinski definition) is 2. The molecule has 0 spiro atoms.